The van der Waals surface area contributed by atoms with Crippen molar-refractivity contribution in [1.29, 1.82) is 0 Å². The molecule has 5 heteroatoms. The van der Waals surface area contributed by atoms with Crippen LogP contribution < -0.4 is 5.32 Å². The number of nitrogens with one attached hydrogen (secondary N) is 1. The van der Waals surface area contributed by atoms with Gasteiger partial charge in [-0.05, 0) is 28.4 Å². The van der Waals surface area contributed by atoms with Gasteiger partial charge >= 0.3 is 0 Å². The highest BCUT2D eigenvalue weighted by Gasteiger charge is 2.08. The predicted octanol–water partition coefficient (Wildman–Crippen LogP) is 3.96. The Balaban J connectivity index is 2.08. The molecule has 2 aromatic rings. The highest BCUT2D eigenvalue weighted by atomic mass is 79.9. The Morgan fingerprint density at radius 1 is 1.22 bits per heavy atom. The number of benzene rings is 1. The number of anilines is 1. The van der Waals surface area contributed by atoms with Gasteiger partial charge in [0.15, 0.2) is 0 Å². The van der Waals surface area contributed by atoms with E-state index in [1.807, 2.05) is 13.0 Å². The summed E-state index contributed by atoms with van der Waals surface area (Å²) in [6.07, 6.45) is 1.59. The van der Waals surface area contributed by atoms with Crippen LogP contribution in [0, 0.1) is 0 Å². The first-order valence-corrected chi connectivity index (χ1v) is 7.50. The average molecular weight is 324 g/mol. The molecule has 0 saturated carbocycles. The first-order valence-electron chi connectivity index (χ1n) is 5.72. The van der Waals surface area contributed by atoms with E-state index in [-0.39, 0.29) is 0 Å². The monoisotopic (exact) mass is 323 g/mol. The van der Waals surface area contributed by atoms with E-state index in [4.69, 9.17) is 0 Å². The minimum Gasteiger partial charge on any atom is -0.369 e. The van der Waals surface area contributed by atoms with Crippen molar-refractivity contribution < 1.29 is 0 Å². The van der Waals surface area contributed by atoms with Gasteiger partial charge in [-0.25, -0.2) is 9.97 Å². The van der Waals surface area contributed by atoms with E-state index in [2.05, 4.69) is 55.5 Å². The third kappa shape index (κ3) is 3.46. The van der Waals surface area contributed by atoms with Gasteiger partial charge in [0.2, 0.25) is 0 Å². The Kier molecular flexibility index (Phi) is 5.01. The lowest BCUT2D eigenvalue weighted by Crippen LogP contribution is -2.01. The standard InChI is InChI=1S/C13H14BrN3S/c1-2-15-12-11(14)13(17-9-16-12)18-8-10-6-4-3-5-7-10/h3-7,9H,2,8H2,1H3,(H,15,16,17). The normalized spacial score (nSPS) is 10.3. The number of halogens is 1. The molecule has 0 spiro atoms. The van der Waals surface area contributed by atoms with Gasteiger partial charge in [-0.2, -0.15) is 0 Å². The number of nitrogens with zero attached hydrogens (tertiary/aromatic N) is 2. The van der Waals surface area contributed by atoms with Gasteiger partial charge in [0.1, 0.15) is 17.2 Å². The van der Waals surface area contributed by atoms with Crippen molar-refractivity contribution in [2.24, 2.45) is 0 Å². The second kappa shape index (κ2) is 6.75. The molecule has 0 amide bonds. The summed E-state index contributed by atoms with van der Waals surface area (Å²) in [5, 5.41) is 4.17. The van der Waals surface area contributed by atoms with Crippen LogP contribution in [0.4, 0.5) is 5.82 Å². The third-order valence-corrected chi connectivity index (χ3v) is 4.39. The van der Waals surface area contributed by atoms with Crippen LogP contribution in [0.1, 0.15) is 12.5 Å². The highest BCUT2D eigenvalue weighted by Crippen LogP contribution is 2.31. The Morgan fingerprint density at radius 3 is 2.72 bits per heavy atom. The minimum absolute atomic E-state index is 0.846. The number of hydrogen-bond acceptors (Lipinski definition) is 4. The quantitative estimate of drug-likeness (QED) is 0.667. The van der Waals surface area contributed by atoms with Crippen LogP contribution in [0.2, 0.25) is 0 Å². The summed E-state index contributed by atoms with van der Waals surface area (Å²) in [4.78, 5) is 8.50. The lowest BCUT2D eigenvalue weighted by molar-refractivity contribution is 1.01. The molecule has 0 aliphatic rings. The van der Waals surface area contributed by atoms with E-state index >= 15 is 0 Å². The third-order valence-electron chi connectivity index (χ3n) is 2.32. The lowest BCUT2D eigenvalue weighted by atomic mass is 10.2. The molecule has 1 heterocycles. The van der Waals surface area contributed by atoms with Gasteiger partial charge in [0.25, 0.3) is 0 Å². The summed E-state index contributed by atoms with van der Waals surface area (Å²) in [5.41, 5.74) is 1.29. The topological polar surface area (TPSA) is 37.8 Å². The van der Waals surface area contributed by atoms with Gasteiger partial charge in [-0.3, -0.25) is 0 Å². The number of hydrogen-bond donors (Lipinski definition) is 1. The van der Waals surface area contributed by atoms with Crippen molar-refractivity contribution in [3.63, 3.8) is 0 Å². The SMILES string of the molecule is CCNc1ncnc(SCc2ccccc2)c1Br. The largest absolute Gasteiger partial charge is 0.369 e. The summed E-state index contributed by atoms with van der Waals surface area (Å²) in [7, 11) is 0. The van der Waals surface area contributed by atoms with E-state index in [1.54, 1.807) is 18.1 Å². The molecule has 0 radical (unpaired) electrons. The van der Waals surface area contributed by atoms with Crippen LogP contribution >= 0.6 is 27.7 Å². The molecule has 0 bridgehead atoms. The molecule has 94 valence electrons. The smallest absolute Gasteiger partial charge is 0.144 e. The van der Waals surface area contributed by atoms with Crippen molar-refractivity contribution in [1.82, 2.24) is 9.97 Å². The molecule has 1 aromatic carbocycles. The van der Waals surface area contributed by atoms with Crippen LogP contribution in [0.3, 0.4) is 0 Å². The predicted molar refractivity (Wildman–Crippen MR) is 79.9 cm³/mol. The van der Waals surface area contributed by atoms with E-state index in [9.17, 15) is 0 Å². The molecule has 1 aromatic heterocycles. The molecule has 0 atom stereocenters. The molecule has 18 heavy (non-hydrogen) atoms. The fourth-order valence-corrected chi connectivity index (χ4v) is 3.00. The molecule has 0 unspecified atom stereocenters. The zero-order valence-corrected chi connectivity index (χ0v) is 12.5. The molecule has 1 N–H and O–H groups in total. The molecular formula is C13H14BrN3S. The fraction of sp³-hybridized carbons (Fsp3) is 0.231. The van der Waals surface area contributed by atoms with E-state index in [1.165, 1.54) is 5.56 Å². The van der Waals surface area contributed by atoms with Gasteiger partial charge in [0, 0.05) is 12.3 Å². The highest BCUT2D eigenvalue weighted by molar-refractivity contribution is 9.10. The first-order chi connectivity index (χ1) is 8.81. The maximum absolute atomic E-state index is 4.30. The molecular weight excluding hydrogens is 310 g/mol. The van der Waals surface area contributed by atoms with Crippen LogP contribution in [0.15, 0.2) is 46.2 Å². The molecule has 0 saturated heterocycles. The number of thioether (sulfide) groups is 1. The van der Waals surface area contributed by atoms with Gasteiger partial charge in [-0.1, -0.05) is 30.3 Å². The summed E-state index contributed by atoms with van der Waals surface area (Å²) in [5.74, 6) is 1.75. The van der Waals surface area contributed by atoms with Crippen LogP contribution in [0.5, 0.6) is 0 Å². The van der Waals surface area contributed by atoms with Crippen molar-refractivity contribution >= 4 is 33.5 Å². The Hall–Kier alpha value is -1.07. The van der Waals surface area contributed by atoms with Gasteiger partial charge in [0.05, 0.1) is 4.47 Å². The van der Waals surface area contributed by atoms with E-state index in [0.717, 1.165) is 27.6 Å². The van der Waals surface area contributed by atoms with Gasteiger partial charge in [-0.15, -0.1) is 11.8 Å². The zero-order chi connectivity index (χ0) is 12.8. The van der Waals surface area contributed by atoms with Crippen molar-refractivity contribution in [2.45, 2.75) is 17.7 Å². The molecule has 0 aliphatic heterocycles. The Labute approximate surface area is 120 Å². The minimum atomic E-state index is 0.846. The van der Waals surface area contributed by atoms with Crippen LogP contribution in [0.25, 0.3) is 0 Å². The van der Waals surface area contributed by atoms with Crippen molar-refractivity contribution in [3.05, 3.63) is 46.7 Å². The Bertz CT molecular complexity index is 505. The molecule has 3 nitrogen and oxygen atoms in total. The van der Waals surface area contributed by atoms with Crippen LogP contribution in [-0.4, -0.2) is 16.5 Å². The lowest BCUT2D eigenvalue weighted by Gasteiger charge is -2.08. The summed E-state index contributed by atoms with van der Waals surface area (Å²) >= 11 is 5.25. The maximum atomic E-state index is 4.30. The Morgan fingerprint density at radius 2 is 2.00 bits per heavy atom. The maximum Gasteiger partial charge on any atom is 0.144 e. The van der Waals surface area contributed by atoms with Crippen molar-refractivity contribution in [3.8, 4) is 0 Å². The second-order valence-electron chi connectivity index (χ2n) is 3.65. The number of rotatable bonds is 5. The fourth-order valence-electron chi connectivity index (χ4n) is 1.47. The summed E-state index contributed by atoms with van der Waals surface area (Å²) < 4.78 is 0.938. The van der Waals surface area contributed by atoms with Gasteiger partial charge < -0.3 is 5.32 Å². The van der Waals surface area contributed by atoms with E-state index < -0.39 is 0 Å². The molecule has 2 rings (SSSR count). The zero-order valence-electron chi connectivity index (χ0n) is 10.1. The number of aromatic nitrogens is 2. The summed E-state index contributed by atoms with van der Waals surface area (Å²) in [6.45, 7) is 2.89. The average Bonchev–Trinajstić information content (AvgIpc) is 2.41. The first kappa shape index (κ1) is 13.4. The molecule has 0 fully saturated rings. The van der Waals surface area contributed by atoms with Crippen molar-refractivity contribution in [2.75, 3.05) is 11.9 Å². The molecule has 0 aliphatic carbocycles. The van der Waals surface area contributed by atoms with Crippen LogP contribution in [-0.2, 0) is 5.75 Å². The second-order valence-corrected chi connectivity index (χ2v) is 5.40. The summed E-state index contributed by atoms with van der Waals surface area (Å²) in [6, 6.07) is 10.4. The van der Waals surface area contributed by atoms with E-state index in [0.29, 0.717) is 0 Å².